The molecule has 0 spiro atoms. The van der Waals surface area contributed by atoms with E-state index >= 15 is 0 Å². The van der Waals surface area contributed by atoms with Crippen molar-refractivity contribution < 1.29 is 4.79 Å². The average molecular weight is 383 g/mol. The Morgan fingerprint density at radius 1 is 1.22 bits per heavy atom. The summed E-state index contributed by atoms with van der Waals surface area (Å²) in [4.78, 5) is 12.4. The van der Waals surface area contributed by atoms with Crippen LogP contribution in [0.1, 0.15) is 52.6 Å². The molecule has 1 aromatic carbocycles. The summed E-state index contributed by atoms with van der Waals surface area (Å²) in [5.41, 5.74) is 4.44. The van der Waals surface area contributed by atoms with Gasteiger partial charge in [0.2, 0.25) is 0 Å². The SMILES string of the molecule is Cc1ccc(Cn2nc(C)c(C=CC(=O)c3cnn(C(C)C)c3)c2Cl)cc1. The molecular weight excluding hydrogens is 360 g/mol. The van der Waals surface area contributed by atoms with E-state index in [1.807, 2.05) is 20.8 Å². The molecule has 0 aliphatic rings. The number of halogens is 1. The third-order valence-electron chi connectivity index (χ3n) is 4.38. The number of aromatic nitrogens is 4. The molecule has 0 atom stereocenters. The van der Waals surface area contributed by atoms with Crippen LogP contribution < -0.4 is 0 Å². The van der Waals surface area contributed by atoms with Crippen molar-refractivity contribution in [2.24, 2.45) is 0 Å². The zero-order valence-corrected chi connectivity index (χ0v) is 16.7. The summed E-state index contributed by atoms with van der Waals surface area (Å²) in [5.74, 6) is -0.108. The Labute approximate surface area is 164 Å². The fourth-order valence-electron chi connectivity index (χ4n) is 2.73. The fourth-order valence-corrected chi connectivity index (χ4v) is 3.03. The second-order valence-electron chi connectivity index (χ2n) is 6.93. The molecule has 3 rings (SSSR count). The molecule has 0 radical (unpaired) electrons. The largest absolute Gasteiger partial charge is 0.289 e. The maximum absolute atomic E-state index is 12.4. The van der Waals surface area contributed by atoms with Gasteiger partial charge in [0.25, 0.3) is 0 Å². The number of hydrogen-bond donors (Lipinski definition) is 0. The van der Waals surface area contributed by atoms with Gasteiger partial charge in [-0.1, -0.05) is 41.4 Å². The van der Waals surface area contributed by atoms with Gasteiger partial charge in [0.15, 0.2) is 5.78 Å². The molecule has 140 valence electrons. The van der Waals surface area contributed by atoms with Gasteiger partial charge in [-0.2, -0.15) is 10.2 Å². The molecule has 2 heterocycles. The van der Waals surface area contributed by atoms with E-state index in [2.05, 4.69) is 41.4 Å². The highest BCUT2D eigenvalue weighted by Crippen LogP contribution is 2.23. The van der Waals surface area contributed by atoms with Crippen LogP contribution in [0.5, 0.6) is 0 Å². The van der Waals surface area contributed by atoms with Crippen LogP contribution >= 0.6 is 11.6 Å². The van der Waals surface area contributed by atoms with E-state index in [0.717, 1.165) is 16.8 Å². The summed E-state index contributed by atoms with van der Waals surface area (Å²) in [6.07, 6.45) is 6.59. The summed E-state index contributed by atoms with van der Waals surface area (Å²) in [5, 5.41) is 9.24. The normalized spacial score (nSPS) is 11.6. The van der Waals surface area contributed by atoms with Crippen molar-refractivity contribution in [2.45, 2.75) is 40.3 Å². The fraction of sp³-hybridized carbons (Fsp3) is 0.286. The minimum Gasteiger partial charge on any atom is -0.289 e. The van der Waals surface area contributed by atoms with Crippen LogP contribution in [0.25, 0.3) is 6.08 Å². The summed E-state index contributed by atoms with van der Waals surface area (Å²) in [6.45, 7) is 8.56. The number of carbonyl (C=O) groups is 1. The first kappa shape index (κ1) is 19.1. The van der Waals surface area contributed by atoms with Gasteiger partial charge in [-0.15, -0.1) is 0 Å². The van der Waals surface area contributed by atoms with Crippen molar-refractivity contribution in [3.05, 3.63) is 75.8 Å². The van der Waals surface area contributed by atoms with Crippen LogP contribution in [0.4, 0.5) is 0 Å². The predicted octanol–water partition coefficient (Wildman–Crippen LogP) is 4.88. The van der Waals surface area contributed by atoms with Crippen molar-refractivity contribution in [2.75, 3.05) is 0 Å². The molecule has 0 bridgehead atoms. The molecule has 2 aromatic heterocycles. The van der Waals surface area contributed by atoms with Crippen LogP contribution in [-0.4, -0.2) is 25.3 Å². The molecule has 0 aliphatic heterocycles. The molecule has 0 unspecified atom stereocenters. The highest BCUT2D eigenvalue weighted by Gasteiger charge is 2.13. The third kappa shape index (κ3) is 4.37. The van der Waals surface area contributed by atoms with Gasteiger partial charge < -0.3 is 0 Å². The van der Waals surface area contributed by atoms with Crippen LogP contribution in [0.2, 0.25) is 5.15 Å². The summed E-state index contributed by atoms with van der Waals surface area (Å²) in [6, 6.07) is 8.47. The summed E-state index contributed by atoms with van der Waals surface area (Å²) >= 11 is 6.51. The van der Waals surface area contributed by atoms with Gasteiger partial charge in [-0.05, 0) is 45.4 Å². The Bertz CT molecular complexity index is 980. The van der Waals surface area contributed by atoms with E-state index in [0.29, 0.717) is 17.3 Å². The lowest BCUT2D eigenvalue weighted by atomic mass is 10.1. The molecule has 0 saturated carbocycles. The standard InChI is InChI=1S/C21H23ClN4O/c1-14(2)25-13-18(11-23-25)20(27)10-9-19-16(4)24-26(21(19)22)12-17-7-5-15(3)6-8-17/h5-11,13-14H,12H2,1-4H3. The summed E-state index contributed by atoms with van der Waals surface area (Å²) in [7, 11) is 0. The number of rotatable bonds is 6. The first-order valence-corrected chi connectivity index (χ1v) is 9.28. The van der Waals surface area contributed by atoms with Crippen LogP contribution in [0, 0.1) is 13.8 Å². The van der Waals surface area contributed by atoms with E-state index in [-0.39, 0.29) is 11.8 Å². The average Bonchev–Trinajstić information content (AvgIpc) is 3.22. The lowest BCUT2D eigenvalue weighted by Crippen LogP contribution is -2.02. The quantitative estimate of drug-likeness (QED) is 0.451. The second kappa shape index (κ2) is 7.92. The van der Waals surface area contributed by atoms with E-state index < -0.39 is 0 Å². The number of benzene rings is 1. The van der Waals surface area contributed by atoms with Crippen molar-refractivity contribution in [3.8, 4) is 0 Å². The second-order valence-corrected chi connectivity index (χ2v) is 7.29. The Balaban J connectivity index is 1.78. The van der Waals surface area contributed by atoms with E-state index in [1.165, 1.54) is 11.6 Å². The third-order valence-corrected chi connectivity index (χ3v) is 4.78. The molecule has 0 fully saturated rings. The van der Waals surface area contributed by atoms with Crippen LogP contribution in [0.15, 0.2) is 42.7 Å². The minimum atomic E-state index is -0.108. The van der Waals surface area contributed by atoms with E-state index in [4.69, 9.17) is 11.6 Å². The van der Waals surface area contributed by atoms with Gasteiger partial charge in [0.1, 0.15) is 5.15 Å². The Kier molecular flexibility index (Phi) is 5.61. The van der Waals surface area contributed by atoms with Crippen LogP contribution in [0.3, 0.4) is 0 Å². The zero-order chi connectivity index (χ0) is 19.6. The Morgan fingerprint density at radius 2 is 1.93 bits per heavy atom. The van der Waals surface area contributed by atoms with Crippen molar-refractivity contribution in [1.29, 1.82) is 0 Å². The van der Waals surface area contributed by atoms with Crippen molar-refractivity contribution >= 4 is 23.5 Å². The zero-order valence-electron chi connectivity index (χ0n) is 16.0. The summed E-state index contributed by atoms with van der Waals surface area (Å²) < 4.78 is 3.52. The molecule has 5 nitrogen and oxygen atoms in total. The van der Waals surface area contributed by atoms with E-state index in [1.54, 1.807) is 27.8 Å². The number of allylic oxidation sites excluding steroid dienone is 1. The Morgan fingerprint density at radius 3 is 2.56 bits per heavy atom. The van der Waals surface area contributed by atoms with E-state index in [9.17, 15) is 4.79 Å². The van der Waals surface area contributed by atoms with Gasteiger partial charge in [-0.25, -0.2) is 4.68 Å². The van der Waals surface area contributed by atoms with Gasteiger partial charge in [0.05, 0.1) is 24.0 Å². The number of hydrogen-bond acceptors (Lipinski definition) is 3. The topological polar surface area (TPSA) is 52.7 Å². The molecule has 3 aromatic rings. The first-order valence-electron chi connectivity index (χ1n) is 8.90. The molecule has 27 heavy (non-hydrogen) atoms. The van der Waals surface area contributed by atoms with Crippen LogP contribution in [-0.2, 0) is 6.54 Å². The molecule has 0 saturated heterocycles. The predicted molar refractivity (Wildman–Crippen MR) is 108 cm³/mol. The number of carbonyl (C=O) groups excluding carboxylic acids is 1. The molecule has 0 N–H and O–H groups in total. The molecule has 0 aliphatic carbocycles. The molecule has 0 amide bonds. The van der Waals surface area contributed by atoms with Crippen molar-refractivity contribution in [3.63, 3.8) is 0 Å². The van der Waals surface area contributed by atoms with Crippen molar-refractivity contribution in [1.82, 2.24) is 19.6 Å². The number of ketones is 1. The highest BCUT2D eigenvalue weighted by atomic mass is 35.5. The van der Waals surface area contributed by atoms with Gasteiger partial charge >= 0.3 is 0 Å². The maximum Gasteiger partial charge on any atom is 0.189 e. The monoisotopic (exact) mass is 382 g/mol. The lowest BCUT2D eigenvalue weighted by Gasteiger charge is -2.04. The first-order chi connectivity index (χ1) is 12.8. The number of nitrogens with zero attached hydrogens (tertiary/aromatic N) is 4. The number of aryl methyl sites for hydroxylation is 2. The van der Waals surface area contributed by atoms with Gasteiger partial charge in [0, 0.05) is 17.8 Å². The van der Waals surface area contributed by atoms with Gasteiger partial charge in [-0.3, -0.25) is 9.48 Å². The lowest BCUT2D eigenvalue weighted by molar-refractivity contribution is 0.104. The minimum absolute atomic E-state index is 0.108. The smallest absolute Gasteiger partial charge is 0.189 e. The molecular formula is C21H23ClN4O. The highest BCUT2D eigenvalue weighted by molar-refractivity contribution is 6.31. The molecule has 6 heteroatoms. The maximum atomic E-state index is 12.4. The Hall–Kier alpha value is -2.66.